The van der Waals surface area contributed by atoms with Gasteiger partial charge in [0.15, 0.2) is 5.96 Å². The molecular weight excluding hydrogens is 959 g/mol. The molecule has 25 heteroatoms. The third-order valence-corrected chi connectivity index (χ3v) is 15.0. The van der Waals surface area contributed by atoms with Crippen molar-refractivity contribution in [1.29, 1.82) is 0 Å². The van der Waals surface area contributed by atoms with Gasteiger partial charge in [0.2, 0.25) is 41.4 Å². The van der Waals surface area contributed by atoms with E-state index < -0.39 is 89.6 Å². The van der Waals surface area contributed by atoms with Crippen LogP contribution in [0.5, 0.6) is 5.75 Å². The molecule has 3 aromatic rings. The van der Waals surface area contributed by atoms with Crippen molar-refractivity contribution in [3.63, 3.8) is 0 Å². The Bertz CT molecular complexity index is 2380. The van der Waals surface area contributed by atoms with E-state index in [2.05, 4.69) is 46.9 Å². The largest absolute Gasteiger partial charge is 0.508 e. The highest BCUT2D eigenvalue weighted by Gasteiger charge is 2.45. The molecule has 3 aliphatic rings. The van der Waals surface area contributed by atoms with E-state index in [9.17, 15) is 48.6 Å². The van der Waals surface area contributed by atoms with Crippen LogP contribution in [0, 0.1) is 0 Å². The second kappa shape index (κ2) is 25.8. The molecule has 6 rings (SSSR count). The van der Waals surface area contributed by atoms with Gasteiger partial charge in [0.1, 0.15) is 48.0 Å². The van der Waals surface area contributed by atoms with Crippen molar-refractivity contribution in [2.75, 3.05) is 39.0 Å². The number of nitrogens with one attached hydrogen (secondary N) is 7. The SMILES string of the molecule is CNCC(=O)N[C@@H](CCCN=C(N)N)C(=O)N1C[C@H]2C[C@H]1C(=O)NC(Cc1ccc(O)cc1)C(=O)N[C@H](C(=O)N[C@@H](Cc1cnc[nH]1)C(=O)N1CCC[C@H]1C(=O)N[C@@H](Cc1ccccc1)C(=O)O)CSS2. The predicted molar refractivity (Wildman–Crippen MR) is 264 cm³/mol. The molecule has 71 heavy (non-hydrogen) atoms. The Labute approximate surface area is 417 Å². The summed E-state index contributed by atoms with van der Waals surface area (Å²) in [4.78, 5) is 125. The Hall–Kier alpha value is -6.86. The number of nitrogens with two attached hydrogens (primary N) is 2. The van der Waals surface area contributed by atoms with E-state index in [1.54, 1.807) is 49.5 Å². The van der Waals surface area contributed by atoms with E-state index in [0.717, 1.165) is 0 Å². The summed E-state index contributed by atoms with van der Waals surface area (Å²) in [6.45, 7) is 0.357. The minimum atomic E-state index is -1.30. The third kappa shape index (κ3) is 15.3. The molecule has 0 radical (unpaired) electrons. The molecule has 382 valence electrons. The number of carbonyl (C=O) groups excluding carboxylic acids is 7. The number of imidazole rings is 1. The van der Waals surface area contributed by atoms with Gasteiger partial charge in [-0.25, -0.2) is 9.78 Å². The number of phenolic OH excluding ortho intramolecular Hbond substituents is 1. The number of amides is 7. The molecule has 13 N–H and O–H groups in total. The molecule has 3 fully saturated rings. The first-order chi connectivity index (χ1) is 34.1. The molecule has 0 saturated carbocycles. The zero-order chi connectivity index (χ0) is 51.0. The van der Waals surface area contributed by atoms with E-state index in [-0.39, 0.29) is 87.4 Å². The van der Waals surface area contributed by atoms with Crippen molar-refractivity contribution in [3.8, 4) is 5.75 Å². The summed E-state index contributed by atoms with van der Waals surface area (Å²) in [5.41, 5.74) is 12.7. The molecule has 1 unspecified atom stereocenters. The lowest BCUT2D eigenvalue weighted by molar-refractivity contribution is -0.145. The number of aliphatic imine (C=N–C) groups is 1. The van der Waals surface area contributed by atoms with Gasteiger partial charge in [0.25, 0.3) is 0 Å². The maximum absolute atomic E-state index is 14.6. The van der Waals surface area contributed by atoms with Gasteiger partial charge in [0.05, 0.1) is 12.9 Å². The number of aromatic hydroxyl groups is 1. The number of carboxylic acid groups (broad SMARTS) is 1. The number of fused-ring (bicyclic) bond motifs is 2. The molecular formula is C46H61N13O10S2. The number of likely N-dealkylation sites (tertiary alicyclic amines) is 2. The summed E-state index contributed by atoms with van der Waals surface area (Å²) in [6.07, 6.45) is 4.08. The molecule has 8 atom stereocenters. The van der Waals surface area contributed by atoms with Crippen LogP contribution >= 0.6 is 21.6 Å². The second-order valence-electron chi connectivity index (χ2n) is 17.5. The third-order valence-electron chi connectivity index (χ3n) is 12.2. The minimum Gasteiger partial charge on any atom is -0.508 e. The number of guanidine groups is 1. The zero-order valence-corrected chi connectivity index (χ0v) is 40.7. The number of rotatable bonds is 20. The maximum Gasteiger partial charge on any atom is 0.326 e. The lowest BCUT2D eigenvalue weighted by Gasteiger charge is -2.31. The van der Waals surface area contributed by atoms with Crippen molar-refractivity contribution in [1.82, 2.24) is 51.7 Å². The molecule has 0 spiro atoms. The fourth-order valence-electron chi connectivity index (χ4n) is 8.64. The minimum absolute atomic E-state index is 0.0157. The average Bonchev–Trinajstić information content (AvgIpc) is 4.14. The van der Waals surface area contributed by atoms with Gasteiger partial charge in [-0.1, -0.05) is 64.1 Å². The molecule has 1 aromatic heterocycles. The molecule has 3 aliphatic heterocycles. The van der Waals surface area contributed by atoms with Gasteiger partial charge in [0, 0.05) is 61.8 Å². The second-order valence-corrected chi connectivity index (χ2v) is 20.2. The van der Waals surface area contributed by atoms with Crippen LogP contribution in [0.2, 0.25) is 0 Å². The molecule has 0 aliphatic carbocycles. The molecule has 2 bridgehead atoms. The Balaban J connectivity index is 1.23. The van der Waals surface area contributed by atoms with Crippen LogP contribution in [-0.2, 0) is 57.6 Å². The fourth-order valence-corrected chi connectivity index (χ4v) is 11.4. The topological polar surface area (TPSA) is 349 Å². The number of H-pyrrole nitrogens is 1. The smallest absolute Gasteiger partial charge is 0.326 e. The first kappa shape index (κ1) is 53.5. The van der Waals surface area contributed by atoms with Crippen LogP contribution in [0.15, 0.2) is 72.1 Å². The summed E-state index contributed by atoms with van der Waals surface area (Å²) < 4.78 is 0. The number of benzene rings is 2. The number of likely N-dealkylation sites (N-methyl/N-ethyl adjacent to an activating group) is 1. The summed E-state index contributed by atoms with van der Waals surface area (Å²) in [5.74, 6) is -5.79. The van der Waals surface area contributed by atoms with E-state index >= 15 is 0 Å². The van der Waals surface area contributed by atoms with Gasteiger partial charge in [-0.3, -0.25) is 38.6 Å². The van der Waals surface area contributed by atoms with Crippen molar-refractivity contribution >= 4 is 74.9 Å². The first-order valence-electron chi connectivity index (χ1n) is 23.2. The van der Waals surface area contributed by atoms with Crippen molar-refractivity contribution in [3.05, 3.63) is 83.9 Å². The molecule has 3 saturated heterocycles. The highest BCUT2D eigenvalue weighted by atomic mass is 33.1. The molecule has 4 heterocycles. The Morgan fingerprint density at radius 1 is 0.887 bits per heavy atom. The fraction of sp³-hybridized carbons (Fsp3) is 0.478. The molecule has 2 aromatic carbocycles. The van der Waals surface area contributed by atoms with Crippen molar-refractivity contribution in [2.24, 2.45) is 16.5 Å². The number of carboxylic acids is 1. The van der Waals surface area contributed by atoms with Gasteiger partial charge in [-0.05, 0) is 62.4 Å². The number of carbonyl (C=O) groups is 8. The average molecular weight is 1020 g/mol. The first-order valence-corrected chi connectivity index (χ1v) is 25.6. The molecule has 7 amide bonds. The van der Waals surface area contributed by atoms with Gasteiger partial charge in [-0.15, -0.1) is 0 Å². The number of phenols is 1. The van der Waals surface area contributed by atoms with E-state index in [0.29, 0.717) is 29.7 Å². The van der Waals surface area contributed by atoms with E-state index in [4.69, 9.17) is 11.5 Å². The van der Waals surface area contributed by atoms with E-state index in [1.165, 1.54) is 56.0 Å². The van der Waals surface area contributed by atoms with Crippen LogP contribution in [0.3, 0.4) is 0 Å². The van der Waals surface area contributed by atoms with Crippen molar-refractivity contribution < 1.29 is 48.6 Å². The monoisotopic (exact) mass is 1020 g/mol. The quantitative estimate of drug-likeness (QED) is 0.0260. The number of aromatic nitrogens is 2. The normalized spacial score (nSPS) is 21.5. The summed E-state index contributed by atoms with van der Waals surface area (Å²) in [7, 11) is 4.13. The lowest BCUT2D eigenvalue weighted by Crippen LogP contribution is -2.60. The van der Waals surface area contributed by atoms with Gasteiger partial charge in [-0.2, -0.15) is 0 Å². The zero-order valence-electron chi connectivity index (χ0n) is 39.1. The number of hydrogen-bond acceptors (Lipinski definition) is 14. The summed E-state index contributed by atoms with van der Waals surface area (Å²) in [6, 6.07) is 6.55. The Kier molecular flexibility index (Phi) is 19.5. The predicted octanol–water partition coefficient (Wildman–Crippen LogP) is -1.72. The van der Waals surface area contributed by atoms with Crippen LogP contribution in [-0.4, -0.2) is 170 Å². The highest BCUT2D eigenvalue weighted by molar-refractivity contribution is 8.77. The number of aromatic amines is 1. The molecule has 23 nitrogen and oxygen atoms in total. The van der Waals surface area contributed by atoms with Crippen LogP contribution < -0.4 is 43.4 Å². The number of nitrogens with zero attached hydrogens (tertiary/aromatic N) is 4. The van der Waals surface area contributed by atoms with E-state index in [1.807, 2.05) is 0 Å². The van der Waals surface area contributed by atoms with Gasteiger partial charge >= 0.3 is 5.97 Å². The number of aliphatic carboxylic acids is 1. The Morgan fingerprint density at radius 3 is 2.31 bits per heavy atom. The maximum atomic E-state index is 14.6. The van der Waals surface area contributed by atoms with Gasteiger partial charge < -0.3 is 68.4 Å². The Morgan fingerprint density at radius 2 is 1.62 bits per heavy atom. The standard InChI is InChI=1S/C46H61N13O10S2/c1-49-22-38(61)53-31(9-5-15-51-46(47)48)43(66)59-23-30-20-37(59)42(65)54-32(17-27-11-13-29(60)14-12-27)39(62)57-35(24-70-71-30)40(63)55-33(19-28-21-50-25-52-28)44(67)58-16-6-10-36(58)41(64)56-34(45(68)69)18-26-7-3-2-4-8-26/h2-4,7-8,11-14,21,25,30-37,49,60H,5-6,9-10,15-20,22-24H2,1H3,(H,50,52)(H,53,61)(H,54,65)(H,55,63)(H,56,64)(H,57,62)(H,68,69)(H4,47,48,51)/t30-,31+,32?,33+,34+,35+,36+,37+/m1/s1. The highest BCUT2D eigenvalue weighted by Crippen LogP contribution is 2.37. The van der Waals surface area contributed by atoms with Crippen LogP contribution in [0.4, 0.5) is 0 Å². The summed E-state index contributed by atoms with van der Waals surface area (Å²) >= 11 is 0. The van der Waals surface area contributed by atoms with Crippen LogP contribution in [0.25, 0.3) is 0 Å². The summed E-state index contributed by atoms with van der Waals surface area (Å²) in [5, 5.41) is 36.2. The van der Waals surface area contributed by atoms with Crippen molar-refractivity contribution in [2.45, 2.75) is 98.9 Å². The number of hydrogen-bond donors (Lipinski definition) is 11. The van der Waals surface area contributed by atoms with Crippen LogP contribution in [0.1, 0.15) is 48.9 Å². The lowest BCUT2D eigenvalue weighted by atomic mass is 10.0.